The Bertz CT molecular complexity index is 468. The van der Waals surface area contributed by atoms with E-state index in [1.165, 1.54) is 16.7 Å². The van der Waals surface area contributed by atoms with Crippen molar-refractivity contribution in [2.24, 2.45) is 0 Å². The number of methoxy groups -OCH3 is 1. The van der Waals surface area contributed by atoms with E-state index < -0.39 is 0 Å². The van der Waals surface area contributed by atoms with Crippen molar-refractivity contribution in [3.8, 4) is 17.0 Å². The Morgan fingerprint density at radius 1 is 1.06 bits per heavy atom. The van der Waals surface area contributed by atoms with E-state index in [0.29, 0.717) is 0 Å². The molecule has 0 N–H and O–H groups in total. The van der Waals surface area contributed by atoms with Crippen LogP contribution in [-0.2, 0) is 0 Å². The summed E-state index contributed by atoms with van der Waals surface area (Å²) in [6, 6.07) is 10.0. The molecule has 1 aromatic heterocycles. The summed E-state index contributed by atoms with van der Waals surface area (Å²) in [7, 11) is 1.69. The van der Waals surface area contributed by atoms with Crippen molar-refractivity contribution in [1.82, 2.24) is 4.98 Å². The largest absolute Gasteiger partial charge is 0.497 e. The lowest BCUT2D eigenvalue weighted by Gasteiger charge is -2.11. The Kier molecular flexibility index (Phi) is 2.91. The van der Waals surface area contributed by atoms with Gasteiger partial charge in [0.1, 0.15) is 5.75 Å². The van der Waals surface area contributed by atoms with E-state index in [4.69, 9.17) is 4.74 Å². The fourth-order valence-corrected chi connectivity index (χ4v) is 1.96. The van der Waals surface area contributed by atoms with Crippen LogP contribution in [0.2, 0.25) is 0 Å². The predicted molar refractivity (Wildman–Crippen MR) is 65.7 cm³/mol. The van der Waals surface area contributed by atoms with Gasteiger partial charge >= 0.3 is 0 Å². The maximum atomic E-state index is 5.25. The molecule has 1 heterocycles. The van der Waals surface area contributed by atoms with E-state index in [2.05, 4.69) is 18.8 Å². The second-order valence-electron chi connectivity index (χ2n) is 3.85. The Morgan fingerprint density at radius 2 is 1.75 bits per heavy atom. The first-order valence-corrected chi connectivity index (χ1v) is 5.29. The van der Waals surface area contributed by atoms with E-state index in [1.807, 2.05) is 36.5 Å². The van der Waals surface area contributed by atoms with Gasteiger partial charge in [0.25, 0.3) is 0 Å². The van der Waals surface area contributed by atoms with Gasteiger partial charge in [-0.1, -0.05) is 6.07 Å². The first-order valence-electron chi connectivity index (χ1n) is 5.29. The monoisotopic (exact) mass is 213 g/mol. The van der Waals surface area contributed by atoms with Gasteiger partial charge < -0.3 is 4.74 Å². The molecule has 0 atom stereocenters. The summed E-state index contributed by atoms with van der Waals surface area (Å²) in [6.07, 6.45) is 1.82. The zero-order valence-corrected chi connectivity index (χ0v) is 9.82. The van der Waals surface area contributed by atoms with Crippen molar-refractivity contribution in [2.75, 3.05) is 7.11 Å². The minimum atomic E-state index is 0.898. The molecule has 0 amide bonds. The van der Waals surface area contributed by atoms with Gasteiger partial charge in [-0.2, -0.15) is 0 Å². The Hall–Kier alpha value is -1.83. The number of rotatable bonds is 2. The average Bonchev–Trinajstić information content (AvgIpc) is 2.29. The average molecular weight is 213 g/mol. The number of aryl methyl sites for hydroxylation is 2. The topological polar surface area (TPSA) is 22.1 Å². The maximum absolute atomic E-state index is 5.25. The highest BCUT2D eigenvalue weighted by Gasteiger charge is 2.08. The fraction of sp³-hybridized carbons (Fsp3) is 0.214. The standard InChI is InChI=1S/C14H15NO/c1-10-8-12(16-3)9-11(2)14(10)13-6-4-5-7-15-13/h4-9H,1-3H3. The molecule has 0 bridgehead atoms. The molecule has 2 aromatic rings. The second kappa shape index (κ2) is 4.35. The normalized spacial score (nSPS) is 10.2. The lowest BCUT2D eigenvalue weighted by Crippen LogP contribution is -1.93. The lowest BCUT2D eigenvalue weighted by atomic mass is 9.99. The molecule has 2 nitrogen and oxygen atoms in total. The Balaban J connectivity index is 2.58. The summed E-state index contributed by atoms with van der Waals surface area (Å²) < 4.78 is 5.25. The highest BCUT2D eigenvalue weighted by Crippen LogP contribution is 2.29. The number of hydrogen-bond donors (Lipinski definition) is 0. The summed E-state index contributed by atoms with van der Waals surface area (Å²) in [6.45, 7) is 4.17. The second-order valence-corrected chi connectivity index (χ2v) is 3.85. The molecule has 82 valence electrons. The highest BCUT2D eigenvalue weighted by atomic mass is 16.5. The fourth-order valence-electron chi connectivity index (χ4n) is 1.96. The molecule has 0 aliphatic carbocycles. The molecule has 0 radical (unpaired) electrons. The summed E-state index contributed by atoms with van der Waals surface area (Å²) in [5, 5.41) is 0. The molecular weight excluding hydrogens is 198 g/mol. The molecular formula is C14H15NO. The van der Waals surface area contributed by atoms with E-state index >= 15 is 0 Å². The number of benzene rings is 1. The quantitative estimate of drug-likeness (QED) is 0.763. The van der Waals surface area contributed by atoms with E-state index in [1.54, 1.807) is 7.11 Å². The van der Waals surface area contributed by atoms with Gasteiger partial charge in [-0.05, 0) is 49.2 Å². The van der Waals surface area contributed by atoms with Gasteiger partial charge in [-0.3, -0.25) is 4.98 Å². The smallest absolute Gasteiger partial charge is 0.119 e. The molecule has 16 heavy (non-hydrogen) atoms. The van der Waals surface area contributed by atoms with Crippen molar-refractivity contribution >= 4 is 0 Å². The van der Waals surface area contributed by atoms with Crippen molar-refractivity contribution < 1.29 is 4.74 Å². The van der Waals surface area contributed by atoms with Crippen LogP contribution in [0.25, 0.3) is 11.3 Å². The molecule has 0 spiro atoms. The first kappa shape index (κ1) is 10.7. The van der Waals surface area contributed by atoms with Crippen LogP contribution in [-0.4, -0.2) is 12.1 Å². The molecule has 0 aliphatic rings. The van der Waals surface area contributed by atoms with E-state index in [-0.39, 0.29) is 0 Å². The van der Waals surface area contributed by atoms with E-state index in [9.17, 15) is 0 Å². The molecule has 2 heteroatoms. The number of pyridine rings is 1. The number of hydrogen-bond acceptors (Lipinski definition) is 2. The van der Waals surface area contributed by atoms with Crippen molar-refractivity contribution in [3.63, 3.8) is 0 Å². The minimum Gasteiger partial charge on any atom is -0.497 e. The first-order chi connectivity index (χ1) is 7.72. The van der Waals surface area contributed by atoms with E-state index in [0.717, 1.165) is 11.4 Å². The molecule has 0 saturated carbocycles. The molecule has 1 aromatic carbocycles. The third-order valence-corrected chi connectivity index (χ3v) is 2.66. The summed E-state index contributed by atoms with van der Waals surface area (Å²) in [5.41, 5.74) is 4.59. The van der Waals surface area contributed by atoms with Gasteiger partial charge in [0.2, 0.25) is 0 Å². The van der Waals surface area contributed by atoms with Gasteiger partial charge in [-0.25, -0.2) is 0 Å². The molecule has 0 unspecified atom stereocenters. The van der Waals surface area contributed by atoms with Gasteiger partial charge in [-0.15, -0.1) is 0 Å². The zero-order chi connectivity index (χ0) is 11.5. The van der Waals surface area contributed by atoms with Crippen LogP contribution in [0.1, 0.15) is 11.1 Å². The van der Waals surface area contributed by atoms with Gasteiger partial charge in [0.15, 0.2) is 0 Å². The Morgan fingerprint density at radius 3 is 2.25 bits per heavy atom. The van der Waals surface area contributed by atoms with Gasteiger partial charge in [0, 0.05) is 11.8 Å². The predicted octanol–water partition coefficient (Wildman–Crippen LogP) is 3.37. The summed E-state index contributed by atoms with van der Waals surface area (Å²) in [5.74, 6) is 0.898. The van der Waals surface area contributed by atoms with Crippen LogP contribution < -0.4 is 4.74 Å². The Labute approximate surface area is 95.9 Å². The minimum absolute atomic E-state index is 0.898. The SMILES string of the molecule is COc1cc(C)c(-c2ccccn2)c(C)c1. The van der Waals surface area contributed by atoms with Crippen molar-refractivity contribution in [3.05, 3.63) is 47.7 Å². The maximum Gasteiger partial charge on any atom is 0.119 e. The van der Waals surface area contributed by atoms with Crippen LogP contribution in [0.3, 0.4) is 0 Å². The van der Waals surface area contributed by atoms with Crippen LogP contribution >= 0.6 is 0 Å². The van der Waals surface area contributed by atoms with Crippen LogP contribution in [0.4, 0.5) is 0 Å². The molecule has 0 aliphatic heterocycles. The van der Waals surface area contributed by atoms with Crippen LogP contribution in [0.5, 0.6) is 5.75 Å². The lowest BCUT2D eigenvalue weighted by molar-refractivity contribution is 0.414. The summed E-state index contributed by atoms with van der Waals surface area (Å²) >= 11 is 0. The number of nitrogens with zero attached hydrogens (tertiary/aromatic N) is 1. The number of ether oxygens (including phenoxy) is 1. The highest BCUT2D eigenvalue weighted by molar-refractivity contribution is 5.68. The third kappa shape index (κ3) is 1.91. The van der Waals surface area contributed by atoms with Crippen LogP contribution in [0.15, 0.2) is 36.5 Å². The third-order valence-electron chi connectivity index (χ3n) is 2.66. The summed E-state index contributed by atoms with van der Waals surface area (Å²) in [4.78, 5) is 4.39. The van der Waals surface area contributed by atoms with Crippen molar-refractivity contribution in [2.45, 2.75) is 13.8 Å². The van der Waals surface area contributed by atoms with Gasteiger partial charge in [0.05, 0.1) is 12.8 Å². The number of aromatic nitrogens is 1. The zero-order valence-electron chi connectivity index (χ0n) is 9.82. The molecule has 2 rings (SSSR count). The molecule has 0 fully saturated rings. The molecule has 0 saturated heterocycles. The van der Waals surface area contributed by atoms with Crippen LogP contribution in [0, 0.1) is 13.8 Å². The van der Waals surface area contributed by atoms with Crippen molar-refractivity contribution in [1.29, 1.82) is 0 Å².